The number of nitrogens with zero attached hydrogens (tertiary/aromatic N) is 3. The molecule has 0 aliphatic carbocycles. The van der Waals surface area contributed by atoms with Crippen LogP contribution in [-0.2, 0) is 22.1 Å². The van der Waals surface area contributed by atoms with Crippen LogP contribution in [-0.4, -0.2) is 61.5 Å². The van der Waals surface area contributed by atoms with Gasteiger partial charge < -0.3 is 4.90 Å². The molecule has 1 amide bonds. The minimum absolute atomic E-state index is 0.0446. The quantitative estimate of drug-likeness (QED) is 0.631. The smallest absolute Gasteiger partial charge is 0.253 e. The molecule has 7 heteroatoms. The van der Waals surface area contributed by atoms with E-state index in [-0.39, 0.29) is 11.7 Å². The lowest BCUT2D eigenvalue weighted by molar-refractivity contribution is 0.0628. The van der Waals surface area contributed by atoms with E-state index in [1.54, 1.807) is 24.3 Å². The molecule has 2 aromatic carbocycles. The number of amides is 1. The van der Waals surface area contributed by atoms with E-state index in [9.17, 15) is 13.2 Å². The summed E-state index contributed by atoms with van der Waals surface area (Å²) in [4.78, 5) is 21.6. The first kappa shape index (κ1) is 20.5. The zero-order valence-corrected chi connectivity index (χ0v) is 17.8. The molecular weight excluding hydrogens is 398 g/mol. The summed E-state index contributed by atoms with van der Waals surface area (Å²) in [6.45, 7) is 3.68. The Labute approximate surface area is 177 Å². The number of piperazine rings is 1. The van der Waals surface area contributed by atoms with Crippen molar-refractivity contribution < 1.29 is 13.2 Å². The van der Waals surface area contributed by atoms with Crippen molar-refractivity contribution in [2.45, 2.75) is 12.3 Å². The molecule has 0 N–H and O–H groups in total. The molecule has 2 heterocycles. The number of pyridine rings is 1. The Kier molecular flexibility index (Phi) is 5.83. The van der Waals surface area contributed by atoms with Crippen LogP contribution < -0.4 is 0 Å². The van der Waals surface area contributed by atoms with Gasteiger partial charge in [-0.1, -0.05) is 36.4 Å². The highest BCUT2D eigenvalue weighted by molar-refractivity contribution is 7.89. The van der Waals surface area contributed by atoms with Crippen LogP contribution in [0.2, 0.25) is 0 Å². The van der Waals surface area contributed by atoms with E-state index in [1.165, 1.54) is 11.8 Å². The van der Waals surface area contributed by atoms with E-state index in [0.717, 1.165) is 30.5 Å². The summed E-state index contributed by atoms with van der Waals surface area (Å²) in [5.74, 6) is -0.0992. The molecule has 156 valence electrons. The van der Waals surface area contributed by atoms with Crippen LogP contribution in [0.25, 0.3) is 10.9 Å². The van der Waals surface area contributed by atoms with Gasteiger partial charge in [-0.25, -0.2) is 8.42 Å². The maximum atomic E-state index is 12.9. The minimum Gasteiger partial charge on any atom is -0.336 e. The van der Waals surface area contributed by atoms with Gasteiger partial charge in [-0.2, -0.15) is 0 Å². The van der Waals surface area contributed by atoms with Crippen LogP contribution in [0.1, 0.15) is 21.5 Å². The lowest BCUT2D eigenvalue weighted by Crippen LogP contribution is -2.48. The summed E-state index contributed by atoms with van der Waals surface area (Å²) in [6, 6.07) is 17.2. The molecule has 0 atom stereocenters. The molecule has 0 saturated carbocycles. The fraction of sp³-hybridized carbons (Fsp3) is 0.304. The monoisotopic (exact) mass is 423 g/mol. The molecule has 30 heavy (non-hydrogen) atoms. The van der Waals surface area contributed by atoms with Crippen LogP contribution in [0.15, 0.2) is 60.8 Å². The van der Waals surface area contributed by atoms with Gasteiger partial charge in [0.1, 0.15) is 0 Å². The number of hydrogen-bond donors (Lipinski definition) is 0. The summed E-state index contributed by atoms with van der Waals surface area (Å²) in [5, 5.41) is 1.14. The van der Waals surface area contributed by atoms with Crippen molar-refractivity contribution in [3.8, 4) is 0 Å². The highest BCUT2D eigenvalue weighted by atomic mass is 32.2. The number of sulfone groups is 1. The normalized spacial score (nSPS) is 15.4. The van der Waals surface area contributed by atoms with Crippen molar-refractivity contribution in [2.75, 3.05) is 32.4 Å². The highest BCUT2D eigenvalue weighted by Gasteiger charge is 2.23. The average Bonchev–Trinajstić information content (AvgIpc) is 2.73. The molecule has 4 rings (SSSR count). The van der Waals surface area contributed by atoms with Gasteiger partial charge in [0, 0.05) is 56.1 Å². The molecule has 0 spiro atoms. The Bertz CT molecular complexity index is 1160. The van der Waals surface area contributed by atoms with Crippen molar-refractivity contribution in [3.05, 3.63) is 77.5 Å². The molecule has 1 aromatic heterocycles. The Morgan fingerprint density at radius 2 is 1.73 bits per heavy atom. The largest absolute Gasteiger partial charge is 0.336 e. The molecule has 3 aromatic rings. The van der Waals surface area contributed by atoms with E-state index >= 15 is 0 Å². The van der Waals surface area contributed by atoms with Crippen molar-refractivity contribution >= 4 is 26.6 Å². The number of carbonyl (C=O) groups is 1. The molecule has 1 aliphatic rings. The number of para-hydroxylation sites is 1. The van der Waals surface area contributed by atoms with Crippen molar-refractivity contribution in [2.24, 2.45) is 0 Å². The molecule has 1 aliphatic heterocycles. The fourth-order valence-electron chi connectivity index (χ4n) is 3.92. The van der Waals surface area contributed by atoms with E-state index in [4.69, 9.17) is 0 Å². The number of hydrogen-bond acceptors (Lipinski definition) is 5. The lowest BCUT2D eigenvalue weighted by atomic mass is 10.1. The average molecular weight is 424 g/mol. The third-order valence-electron chi connectivity index (χ3n) is 5.37. The Hall–Kier alpha value is -2.77. The van der Waals surface area contributed by atoms with E-state index in [2.05, 4.69) is 34.1 Å². The lowest BCUT2D eigenvalue weighted by Gasteiger charge is -2.35. The van der Waals surface area contributed by atoms with Gasteiger partial charge in [-0.3, -0.25) is 14.7 Å². The van der Waals surface area contributed by atoms with E-state index in [1.807, 2.05) is 17.2 Å². The van der Waals surface area contributed by atoms with E-state index in [0.29, 0.717) is 24.2 Å². The van der Waals surface area contributed by atoms with Crippen molar-refractivity contribution in [3.63, 3.8) is 0 Å². The second-order valence-corrected chi connectivity index (χ2v) is 9.97. The molecule has 0 unspecified atom stereocenters. The molecular formula is C23H25N3O3S. The minimum atomic E-state index is -3.13. The van der Waals surface area contributed by atoms with Crippen LogP contribution in [0.4, 0.5) is 0 Å². The Balaban J connectivity index is 1.40. The maximum absolute atomic E-state index is 12.9. The third kappa shape index (κ3) is 4.86. The Morgan fingerprint density at radius 3 is 2.50 bits per heavy atom. The highest BCUT2D eigenvalue weighted by Crippen LogP contribution is 2.19. The second-order valence-electron chi connectivity index (χ2n) is 7.83. The van der Waals surface area contributed by atoms with Crippen molar-refractivity contribution in [1.82, 2.24) is 14.8 Å². The summed E-state index contributed by atoms with van der Waals surface area (Å²) in [5.41, 5.74) is 3.41. The number of carbonyl (C=O) groups excluding carboxylic acids is 1. The molecule has 1 fully saturated rings. The first-order chi connectivity index (χ1) is 14.4. The standard InChI is InChI=1S/C23H25N3O3S/c1-30(28,29)17-18-5-2-7-20(15-18)23(27)26-13-11-25(12-14-26)16-21-8-3-6-19-9-4-10-24-22(19)21/h2-10,15H,11-14,16-17H2,1H3. The van der Waals surface area contributed by atoms with Crippen LogP contribution in [0.3, 0.4) is 0 Å². The van der Waals surface area contributed by atoms with Gasteiger partial charge in [-0.05, 0) is 29.3 Å². The summed E-state index contributed by atoms with van der Waals surface area (Å²) < 4.78 is 23.1. The third-order valence-corrected chi connectivity index (χ3v) is 6.23. The van der Waals surface area contributed by atoms with E-state index < -0.39 is 9.84 Å². The first-order valence-corrected chi connectivity index (χ1v) is 12.1. The maximum Gasteiger partial charge on any atom is 0.253 e. The van der Waals surface area contributed by atoms with Gasteiger partial charge in [-0.15, -0.1) is 0 Å². The molecule has 6 nitrogen and oxygen atoms in total. The number of aromatic nitrogens is 1. The van der Waals surface area contributed by atoms with Gasteiger partial charge in [0.15, 0.2) is 9.84 Å². The molecule has 1 saturated heterocycles. The first-order valence-electron chi connectivity index (χ1n) is 10.00. The van der Waals surface area contributed by atoms with Crippen LogP contribution in [0, 0.1) is 0 Å². The number of fused-ring (bicyclic) bond motifs is 1. The second kappa shape index (κ2) is 8.53. The zero-order chi connectivity index (χ0) is 21.1. The summed E-state index contributed by atoms with van der Waals surface area (Å²) in [6.07, 6.45) is 3.02. The summed E-state index contributed by atoms with van der Waals surface area (Å²) in [7, 11) is -3.13. The molecule has 0 bridgehead atoms. The number of benzene rings is 2. The fourth-order valence-corrected chi connectivity index (χ4v) is 4.71. The van der Waals surface area contributed by atoms with Crippen molar-refractivity contribution in [1.29, 1.82) is 0 Å². The van der Waals surface area contributed by atoms with Gasteiger partial charge in [0.25, 0.3) is 5.91 Å². The Morgan fingerprint density at radius 1 is 1.00 bits per heavy atom. The SMILES string of the molecule is CS(=O)(=O)Cc1cccc(C(=O)N2CCN(Cc3cccc4cccnc34)CC2)c1. The van der Waals surface area contributed by atoms with Gasteiger partial charge in [0.05, 0.1) is 11.3 Å². The van der Waals surface area contributed by atoms with Gasteiger partial charge in [0.2, 0.25) is 0 Å². The topological polar surface area (TPSA) is 70.6 Å². The predicted molar refractivity (Wildman–Crippen MR) is 118 cm³/mol. The zero-order valence-electron chi connectivity index (χ0n) is 17.0. The van der Waals surface area contributed by atoms with Gasteiger partial charge >= 0.3 is 0 Å². The van der Waals surface area contributed by atoms with Crippen LogP contribution in [0.5, 0.6) is 0 Å². The summed E-state index contributed by atoms with van der Waals surface area (Å²) >= 11 is 0. The number of rotatable bonds is 5. The predicted octanol–water partition coefficient (Wildman–Crippen LogP) is 2.74. The molecule has 0 radical (unpaired) electrons. The van der Waals surface area contributed by atoms with Crippen LogP contribution >= 0.6 is 0 Å².